The maximum Gasteiger partial charge on any atom is 0.410 e. The highest BCUT2D eigenvalue weighted by atomic mass is 35.5. The van der Waals surface area contributed by atoms with Gasteiger partial charge in [-0.25, -0.2) is 18.6 Å². The fraction of sp³-hybridized carbons (Fsp3) is 0.500. The van der Waals surface area contributed by atoms with Crippen molar-refractivity contribution in [3.8, 4) is 17.2 Å². The van der Waals surface area contributed by atoms with E-state index in [-0.39, 0.29) is 83.0 Å². The first-order valence-corrected chi connectivity index (χ1v) is 19.0. The molecule has 3 saturated carbocycles. The van der Waals surface area contributed by atoms with Crippen LogP contribution in [0.2, 0.25) is 10.0 Å². The van der Waals surface area contributed by atoms with Crippen molar-refractivity contribution in [2.75, 3.05) is 6.54 Å². The van der Waals surface area contributed by atoms with Crippen LogP contribution >= 0.6 is 23.2 Å². The van der Waals surface area contributed by atoms with Crippen molar-refractivity contribution in [2.24, 2.45) is 11.8 Å². The number of ether oxygens (including phenoxy) is 1. The number of likely N-dealkylation sites (tertiary alicyclic amines) is 1. The summed E-state index contributed by atoms with van der Waals surface area (Å²) in [7, 11) is 0. The molecule has 3 saturated heterocycles. The quantitative estimate of drug-likeness (QED) is 0.196. The minimum absolute atomic E-state index is 0.00422. The lowest BCUT2D eigenvalue weighted by Crippen LogP contribution is -2.45. The summed E-state index contributed by atoms with van der Waals surface area (Å²) < 4.78 is 40.8. The Morgan fingerprint density at radius 1 is 1.10 bits per heavy atom. The zero-order valence-corrected chi connectivity index (χ0v) is 31.0. The highest BCUT2D eigenvalue weighted by Gasteiger charge is 2.63. The molecule has 2 aromatic carbocycles. The van der Waals surface area contributed by atoms with Gasteiger partial charge in [0.15, 0.2) is 11.5 Å². The Bertz CT molecular complexity index is 2270. The smallest absolute Gasteiger partial charge is 0.410 e. The first kappa shape index (κ1) is 33.9. The fourth-order valence-electron chi connectivity index (χ4n) is 9.33. The fourth-order valence-corrected chi connectivity index (χ4v) is 9.72. The van der Waals surface area contributed by atoms with Crippen molar-refractivity contribution in [3.63, 3.8) is 0 Å². The number of aromatic nitrogens is 2. The number of benzene rings is 2. The number of carbonyl (C=O) groups is 2. The molecule has 0 N–H and O–H groups in total. The number of carbonyl (C=O) groups excluding carboxylic acids is 2. The summed E-state index contributed by atoms with van der Waals surface area (Å²) in [5.41, 5.74) is 1.18. The van der Waals surface area contributed by atoms with Crippen LogP contribution in [0.5, 0.6) is 0 Å². The van der Waals surface area contributed by atoms with Crippen LogP contribution in [0.25, 0.3) is 32.9 Å². The first-order chi connectivity index (χ1) is 24.7. The van der Waals surface area contributed by atoms with Crippen LogP contribution in [0.3, 0.4) is 0 Å². The highest BCUT2D eigenvalue weighted by molar-refractivity contribution is 6.43. The molecule has 10 rings (SSSR count). The number of aryl methyl sites for hydroxylation is 2. The molecule has 3 aliphatic heterocycles. The molecule has 2 aromatic heterocycles. The van der Waals surface area contributed by atoms with Crippen LogP contribution in [-0.4, -0.2) is 61.2 Å². The SMILES string of the molecule is Cc1nc2c(F)c(-c3cccc(Cl)c3Cl)c(CCC#N)cc2c2c1cc([C@H]1C[C@H]3C[C@H]3N1C(=O)C1(F)CC1)n2[C@H]1[C@@H]2C[C@H]1N(C(=O)OC(C)(C)C)C2. The third-order valence-electron chi connectivity index (χ3n) is 12.0. The second-order valence-corrected chi connectivity index (χ2v) is 17.2. The maximum absolute atomic E-state index is 17.2. The van der Waals surface area contributed by atoms with Crippen molar-refractivity contribution in [3.05, 3.63) is 63.1 Å². The number of fused-ring (bicyclic) bond motifs is 5. The second kappa shape index (κ2) is 11.5. The largest absolute Gasteiger partial charge is 0.444 e. The van der Waals surface area contributed by atoms with Gasteiger partial charge < -0.3 is 19.1 Å². The summed E-state index contributed by atoms with van der Waals surface area (Å²) in [5.74, 6) is -0.597. The molecule has 52 heavy (non-hydrogen) atoms. The van der Waals surface area contributed by atoms with Crippen LogP contribution < -0.4 is 0 Å². The minimum Gasteiger partial charge on any atom is -0.444 e. The van der Waals surface area contributed by atoms with Crippen molar-refractivity contribution in [2.45, 2.75) is 108 Å². The topological polar surface area (TPSA) is 91.5 Å². The standard InChI is InChI=1S/C40H39Cl2F2N5O3/c1-19-24-17-29(28-15-21-14-27(21)48(28)37(50)40(44)10-11-40)49(35-22-16-30(35)47(18-22)38(51)52-39(2,3)4)36(24)25-13-20(7-6-12-45)31(33(43)34(25)46-19)23-8-5-9-26(41)32(23)42/h5,8-9,13,17,21-22,27-28,30,35H,6-7,10-11,14-16,18H2,1-4H3/t21-,22-,27-,28-,30-,35+/m1/s1. The third-order valence-corrected chi connectivity index (χ3v) is 12.8. The summed E-state index contributed by atoms with van der Waals surface area (Å²) in [6.45, 7) is 7.90. The summed E-state index contributed by atoms with van der Waals surface area (Å²) in [6.07, 6.45) is 2.89. The number of piperidine rings is 1. The molecule has 4 aromatic rings. The van der Waals surface area contributed by atoms with E-state index in [0.717, 1.165) is 29.4 Å². The Balaban J connectivity index is 1.28. The molecule has 0 spiro atoms. The Morgan fingerprint density at radius 3 is 2.56 bits per heavy atom. The molecule has 270 valence electrons. The number of pyridine rings is 1. The molecule has 6 fully saturated rings. The summed E-state index contributed by atoms with van der Waals surface area (Å²) in [4.78, 5) is 35.8. The maximum atomic E-state index is 17.2. The van der Waals surface area contributed by atoms with Gasteiger partial charge in [-0.15, -0.1) is 0 Å². The van der Waals surface area contributed by atoms with E-state index in [1.54, 1.807) is 28.0 Å². The van der Waals surface area contributed by atoms with Crippen LogP contribution in [0, 0.1) is 35.9 Å². The van der Waals surface area contributed by atoms with E-state index in [4.69, 9.17) is 32.9 Å². The van der Waals surface area contributed by atoms with Crippen molar-refractivity contribution in [1.82, 2.24) is 19.4 Å². The van der Waals surface area contributed by atoms with Crippen LogP contribution in [0.1, 0.15) is 88.3 Å². The summed E-state index contributed by atoms with van der Waals surface area (Å²) in [5, 5.41) is 11.5. The van der Waals surface area contributed by atoms with E-state index in [2.05, 4.69) is 16.7 Å². The van der Waals surface area contributed by atoms with Crippen LogP contribution in [-0.2, 0) is 16.0 Å². The van der Waals surface area contributed by atoms with Crippen LogP contribution in [0.4, 0.5) is 13.6 Å². The van der Waals surface area contributed by atoms with Gasteiger partial charge in [0.2, 0.25) is 0 Å². The number of halogens is 4. The van der Waals surface area contributed by atoms with Gasteiger partial charge in [0.25, 0.3) is 5.91 Å². The van der Waals surface area contributed by atoms with E-state index in [0.29, 0.717) is 41.1 Å². The molecule has 0 radical (unpaired) electrons. The van der Waals surface area contributed by atoms with Crippen molar-refractivity contribution >= 4 is 57.0 Å². The molecule has 3 aliphatic carbocycles. The van der Waals surface area contributed by atoms with Gasteiger partial charge >= 0.3 is 6.09 Å². The molecule has 2 bridgehead atoms. The lowest BCUT2D eigenvalue weighted by molar-refractivity contribution is -0.140. The number of amides is 2. The van der Waals surface area contributed by atoms with Gasteiger partial charge in [-0.1, -0.05) is 35.3 Å². The Morgan fingerprint density at radius 2 is 1.85 bits per heavy atom. The molecule has 0 unspecified atom stereocenters. The number of hydrogen-bond donors (Lipinski definition) is 0. The van der Waals surface area contributed by atoms with E-state index in [9.17, 15) is 14.9 Å². The van der Waals surface area contributed by atoms with Crippen LogP contribution in [0.15, 0.2) is 30.3 Å². The van der Waals surface area contributed by atoms with Crippen molar-refractivity contribution < 1.29 is 23.1 Å². The van der Waals surface area contributed by atoms with E-state index >= 15 is 8.78 Å². The number of nitriles is 1. The molecule has 6 aliphatic rings. The van der Waals surface area contributed by atoms with E-state index < -0.39 is 23.0 Å². The zero-order chi connectivity index (χ0) is 36.6. The second-order valence-electron chi connectivity index (χ2n) is 16.5. The Hall–Kier alpha value is -3.94. The lowest BCUT2D eigenvalue weighted by atomic mass is 9.79. The van der Waals surface area contributed by atoms with Gasteiger partial charge in [-0.2, -0.15) is 5.26 Å². The number of alkyl halides is 1. The predicted molar refractivity (Wildman–Crippen MR) is 194 cm³/mol. The third kappa shape index (κ3) is 5.05. The average Bonchev–Trinajstić information content (AvgIpc) is 3.75. The average molecular weight is 747 g/mol. The number of nitrogens with zero attached hydrogens (tertiary/aromatic N) is 5. The van der Waals surface area contributed by atoms with Crippen molar-refractivity contribution in [1.29, 1.82) is 5.26 Å². The normalized spacial score (nSPS) is 26.8. The minimum atomic E-state index is -1.81. The van der Waals surface area contributed by atoms with Gasteiger partial charge in [-0.3, -0.25) is 4.79 Å². The van der Waals surface area contributed by atoms with Gasteiger partial charge in [0.1, 0.15) is 11.1 Å². The molecule has 6 atom stereocenters. The molecule has 8 nitrogen and oxygen atoms in total. The van der Waals surface area contributed by atoms with Gasteiger partial charge in [0, 0.05) is 58.2 Å². The van der Waals surface area contributed by atoms with Gasteiger partial charge in [0.05, 0.1) is 39.8 Å². The molecular formula is C40H39Cl2F2N5O3. The lowest BCUT2D eigenvalue weighted by Gasteiger charge is -2.41. The summed E-state index contributed by atoms with van der Waals surface area (Å²) in [6, 6.07) is 10.5. The highest BCUT2D eigenvalue weighted by Crippen LogP contribution is 2.59. The first-order valence-electron chi connectivity index (χ1n) is 18.2. The number of hydrogen-bond acceptors (Lipinski definition) is 5. The number of rotatable bonds is 6. The summed E-state index contributed by atoms with van der Waals surface area (Å²) >= 11 is 13.1. The molecule has 2 amide bonds. The van der Waals surface area contributed by atoms with E-state index in [1.165, 1.54) is 0 Å². The molecular weight excluding hydrogens is 707 g/mol. The zero-order valence-electron chi connectivity index (χ0n) is 29.5. The Labute approximate surface area is 310 Å². The predicted octanol–water partition coefficient (Wildman–Crippen LogP) is 9.41. The Kier molecular flexibility index (Phi) is 7.51. The van der Waals surface area contributed by atoms with E-state index in [1.807, 2.05) is 33.8 Å². The molecule has 12 heteroatoms. The van der Waals surface area contributed by atoms with Gasteiger partial charge in [-0.05, 0) is 95.9 Å². The molecule has 5 heterocycles. The monoisotopic (exact) mass is 745 g/mol.